The largest absolute Gasteiger partial charge is 0.444 e. The molecular weight excluding hydrogens is 350 g/mol. The van der Waals surface area contributed by atoms with Crippen molar-refractivity contribution < 1.29 is 14.3 Å². The lowest BCUT2D eigenvalue weighted by Crippen LogP contribution is -2.33. The van der Waals surface area contributed by atoms with Crippen LogP contribution in [0, 0.1) is 6.92 Å². The summed E-state index contributed by atoms with van der Waals surface area (Å²) in [6, 6.07) is 7.52. The summed E-state index contributed by atoms with van der Waals surface area (Å²) in [7, 11) is 0. The maximum atomic E-state index is 12.5. The van der Waals surface area contributed by atoms with Gasteiger partial charge < -0.3 is 15.4 Å². The highest BCUT2D eigenvalue weighted by molar-refractivity contribution is 7.17. The molecule has 1 amide bonds. The number of rotatable bonds is 7. The lowest BCUT2D eigenvalue weighted by Gasteiger charge is -2.19. The highest BCUT2D eigenvalue weighted by Gasteiger charge is 2.16. The second-order valence-corrected chi connectivity index (χ2v) is 7.91. The second-order valence-electron chi connectivity index (χ2n) is 6.88. The van der Waals surface area contributed by atoms with E-state index in [2.05, 4.69) is 15.6 Å². The predicted molar refractivity (Wildman–Crippen MR) is 104 cm³/mol. The van der Waals surface area contributed by atoms with Crippen LogP contribution in [0.2, 0.25) is 0 Å². The van der Waals surface area contributed by atoms with Crippen LogP contribution in [0.1, 0.15) is 48.0 Å². The lowest BCUT2D eigenvalue weighted by molar-refractivity contribution is 0.0527. The summed E-state index contributed by atoms with van der Waals surface area (Å²) in [5, 5.41) is 6.57. The first-order chi connectivity index (χ1) is 12.3. The summed E-state index contributed by atoms with van der Waals surface area (Å²) < 4.78 is 5.17. The molecule has 2 N–H and O–H groups in total. The van der Waals surface area contributed by atoms with Gasteiger partial charge in [-0.25, -0.2) is 9.78 Å². The molecule has 0 aliphatic carbocycles. The quantitative estimate of drug-likeness (QED) is 0.564. The number of amides is 1. The molecule has 0 unspecified atom stereocenters. The maximum Gasteiger partial charge on any atom is 0.407 e. The van der Waals surface area contributed by atoms with Gasteiger partial charge in [0.1, 0.15) is 5.60 Å². The van der Waals surface area contributed by atoms with Crippen molar-refractivity contribution in [1.82, 2.24) is 10.3 Å². The number of thiazole rings is 1. The van der Waals surface area contributed by atoms with Gasteiger partial charge in [0.2, 0.25) is 5.78 Å². The maximum absolute atomic E-state index is 12.5. The summed E-state index contributed by atoms with van der Waals surface area (Å²) in [4.78, 5) is 28.9. The number of carbonyl (C=O) groups excluding carboxylic acids is 2. The SMILES string of the molecule is Cc1ccccc1C(=O)c1cnc(NCCCNC(=O)OC(C)(C)C)s1. The topological polar surface area (TPSA) is 80.3 Å². The fraction of sp³-hybridized carbons (Fsp3) is 0.421. The Kier molecular flexibility index (Phi) is 6.74. The molecule has 2 aromatic rings. The molecule has 0 spiro atoms. The highest BCUT2D eigenvalue weighted by Crippen LogP contribution is 2.22. The third kappa shape index (κ3) is 6.15. The first-order valence-electron chi connectivity index (χ1n) is 8.53. The molecule has 0 fully saturated rings. The monoisotopic (exact) mass is 375 g/mol. The number of hydrogen-bond donors (Lipinski definition) is 2. The molecule has 7 heteroatoms. The van der Waals surface area contributed by atoms with E-state index in [1.54, 1.807) is 6.20 Å². The fourth-order valence-electron chi connectivity index (χ4n) is 2.21. The number of carbonyl (C=O) groups is 2. The van der Waals surface area contributed by atoms with Crippen molar-refractivity contribution in [1.29, 1.82) is 0 Å². The first-order valence-corrected chi connectivity index (χ1v) is 9.35. The molecule has 1 aromatic heterocycles. The van der Waals surface area contributed by atoms with Crippen molar-refractivity contribution in [2.24, 2.45) is 0 Å². The Hall–Kier alpha value is -2.41. The van der Waals surface area contributed by atoms with Gasteiger partial charge in [-0.2, -0.15) is 0 Å². The average molecular weight is 375 g/mol. The van der Waals surface area contributed by atoms with Crippen molar-refractivity contribution in [3.05, 3.63) is 46.5 Å². The molecule has 6 nitrogen and oxygen atoms in total. The minimum absolute atomic E-state index is 0.0137. The molecule has 0 aliphatic rings. The van der Waals surface area contributed by atoms with Crippen LogP contribution in [0.3, 0.4) is 0 Å². The molecule has 0 atom stereocenters. The van der Waals surface area contributed by atoms with Crippen LogP contribution in [0.5, 0.6) is 0 Å². The first kappa shape index (κ1) is 19.9. The van der Waals surface area contributed by atoms with E-state index in [9.17, 15) is 9.59 Å². The summed E-state index contributed by atoms with van der Waals surface area (Å²) in [5.41, 5.74) is 1.15. The van der Waals surface area contributed by atoms with Crippen LogP contribution in [0.4, 0.5) is 9.93 Å². The van der Waals surface area contributed by atoms with Crippen molar-refractivity contribution in [2.45, 2.75) is 39.7 Å². The molecule has 26 heavy (non-hydrogen) atoms. The number of anilines is 1. The molecule has 1 heterocycles. The van der Waals surface area contributed by atoms with E-state index in [4.69, 9.17) is 4.74 Å². The molecule has 0 aliphatic heterocycles. The van der Waals surface area contributed by atoms with Crippen LogP contribution in [-0.2, 0) is 4.74 Å². The van der Waals surface area contributed by atoms with Crippen molar-refractivity contribution in [2.75, 3.05) is 18.4 Å². The molecule has 1 aromatic carbocycles. The van der Waals surface area contributed by atoms with Gasteiger partial charge in [-0.1, -0.05) is 35.6 Å². The average Bonchev–Trinajstić information content (AvgIpc) is 3.01. The van der Waals surface area contributed by atoms with Crippen LogP contribution in [0.15, 0.2) is 30.5 Å². The summed E-state index contributed by atoms with van der Waals surface area (Å²) in [6.07, 6.45) is 1.90. The van der Waals surface area contributed by atoms with E-state index >= 15 is 0 Å². The number of ketones is 1. The van der Waals surface area contributed by atoms with E-state index < -0.39 is 11.7 Å². The highest BCUT2D eigenvalue weighted by atomic mass is 32.1. The van der Waals surface area contributed by atoms with E-state index in [1.807, 2.05) is 52.0 Å². The molecule has 0 radical (unpaired) electrons. The van der Waals surface area contributed by atoms with Gasteiger partial charge in [0.15, 0.2) is 5.13 Å². The summed E-state index contributed by atoms with van der Waals surface area (Å²) in [5.74, 6) is -0.0137. The standard InChI is InChI=1S/C19H25N3O3S/c1-13-8-5-6-9-14(13)16(23)15-12-22-17(26-15)20-10-7-11-21-18(24)25-19(2,3)4/h5-6,8-9,12H,7,10-11H2,1-4H3,(H,20,22)(H,21,24). The van der Waals surface area contributed by atoms with Gasteiger partial charge >= 0.3 is 6.09 Å². The number of nitrogens with zero attached hydrogens (tertiary/aromatic N) is 1. The summed E-state index contributed by atoms with van der Waals surface area (Å²) >= 11 is 1.33. The minimum Gasteiger partial charge on any atom is -0.444 e. The van der Waals surface area contributed by atoms with Gasteiger partial charge in [0.05, 0.1) is 11.1 Å². The Labute approximate surface area is 158 Å². The minimum atomic E-state index is -0.497. The summed E-state index contributed by atoms with van der Waals surface area (Å²) in [6.45, 7) is 8.54. The molecule has 0 saturated heterocycles. The Morgan fingerprint density at radius 2 is 1.92 bits per heavy atom. The van der Waals surface area contributed by atoms with Crippen LogP contribution in [0.25, 0.3) is 0 Å². The van der Waals surface area contributed by atoms with Crippen molar-refractivity contribution in [3.8, 4) is 0 Å². The van der Waals surface area contributed by atoms with Crippen LogP contribution >= 0.6 is 11.3 Å². The van der Waals surface area contributed by atoms with Gasteiger partial charge in [0, 0.05) is 18.7 Å². The zero-order valence-corrected chi connectivity index (χ0v) is 16.4. The third-order valence-electron chi connectivity index (χ3n) is 3.42. The molecular formula is C19H25N3O3S. The van der Waals surface area contributed by atoms with Crippen LogP contribution in [-0.4, -0.2) is 35.6 Å². The number of ether oxygens (including phenoxy) is 1. The Bertz CT molecular complexity index is 765. The number of benzene rings is 1. The van der Waals surface area contributed by atoms with Crippen molar-refractivity contribution >= 4 is 28.3 Å². The molecule has 2 rings (SSSR count). The third-order valence-corrected chi connectivity index (χ3v) is 4.37. The van der Waals surface area contributed by atoms with E-state index in [1.165, 1.54) is 11.3 Å². The molecule has 0 saturated carbocycles. The van der Waals surface area contributed by atoms with Crippen molar-refractivity contribution in [3.63, 3.8) is 0 Å². The lowest BCUT2D eigenvalue weighted by atomic mass is 10.0. The van der Waals surface area contributed by atoms with E-state index in [-0.39, 0.29) is 5.78 Å². The van der Waals surface area contributed by atoms with E-state index in [0.29, 0.717) is 28.7 Å². The normalized spacial score (nSPS) is 11.1. The smallest absolute Gasteiger partial charge is 0.407 e. The molecule has 0 bridgehead atoms. The van der Waals surface area contributed by atoms with Gasteiger partial charge in [0.25, 0.3) is 0 Å². The predicted octanol–water partition coefficient (Wildman–Crippen LogP) is 4.01. The van der Waals surface area contributed by atoms with Crippen LogP contribution < -0.4 is 10.6 Å². The van der Waals surface area contributed by atoms with Gasteiger partial charge in [-0.05, 0) is 39.7 Å². The number of alkyl carbamates (subject to hydrolysis) is 1. The molecule has 140 valence electrons. The zero-order chi connectivity index (χ0) is 19.2. The number of nitrogens with one attached hydrogen (secondary N) is 2. The fourth-order valence-corrected chi connectivity index (χ4v) is 3.01. The van der Waals surface area contributed by atoms with E-state index in [0.717, 1.165) is 12.0 Å². The number of aryl methyl sites for hydroxylation is 1. The van der Waals surface area contributed by atoms with Gasteiger partial charge in [-0.3, -0.25) is 4.79 Å². The Morgan fingerprint density at radius 1 is 1.19 bits per heavy atom. The Morgan fingerprint density at radius 3 is 2.62 bits per heavy atom. The Balaban J connectivity index is 1.76. The second kappa shape index (κ2) is 8.80. The zero-order valence-electron chi connectivity index (χ0n) is 15.6. The number of aromatic nitrogens is 1. The van der Waals surface area contributed by atoms with Gasteiger partial charge in [-0.15, -0.1) is 0 Å². The number of hydrogen-bond acceptors (Lipinski definition) is 6.